The van der Waals surface area contributed by atoms with Crippen molar-refractivity contribution in [1.29, 1.82) is 0 Å². The van der Waals surface area contributed by atoms with Gasteiger partial charge in [0.1, 0.15) is 5.69 Å². The molecule has 0 heterocycles. The summed E-state index contributed by atoms with van der Waals surface area (Å²) in [6.07, 6.45) is 7.29. The zero-order chi connectivity index (χ0) is 14.5. The smallest absolute Gasteiger partial charge is 0.292 e. The molecule has 2 rings (SSSR count). The Labute approximate surface area is 128 Å². The summed E-state index contributed by atoms with van der Waals surface area (Å²) in [6, 6.07) is 5.95. The van der Waals surface area contributed by atoms with E-state index in [1.54, 1.807) is 6.07 Å². The zero-order valence-corrected chi connectivity index (χ0v) is 13.4. The number of alkyl halides is 1. The van der Waals surface area contributed by atoms with E-state index in [1.165, 1.54) is 25.7 Å². The van der Waals surface area contributed by atoms with Gasteiger partial charge in [-0.25, -0.2) is 0 Å². The molecule has 0 aliphatic heterocycles. The molecule has 1 aromatic rings. The molecule has 20 heavy (non-hydrogen) atoms. The molecule has 0 spiro atoms. The van der Waals surface area contributed by atoms with Gasteiger partial charge in [0.05, 0.1) is 4.92 Å². The first kappa shape index (κ1) is 15.3. The molecular weight excluding hydrogens is 320 g/mol. The van der Waals surface area contributed by atoms with Crippen LogP contribution >= 0.6 is 15.9 Å². The van der Waals surface area contributed by atoms with E-state index in [4.69, 9.17) is 0 Å². The summed E-state index contributed by atoms with van der Waals surface area (Å²) in [6.45, 7) is 0. The van der Waals surface area contributed by atoms with Crippen LogP contribution in [0.25, 0.3) is 0 Å². The van der Waals surface area contributed by atoms with Gasteiger partial charge in [0.25, 0.3) is 5.69 Å². The lowest BCUT2D eigenvalue weighted by atomic mass is 10.1. The van der Waals surface area contributed by atoms with Crippen LogP contribution in [-0.4, -0.2) is 18.0 Å². The monoisotopic (exact) mass is 340 g/mol. The van der Waals surface area contributed by atoms with Gasteiger partial charge in [0.2, 0.25) is 0 Å². The summed E-state index contributed by atoms with van der Waals surface area (Å²) in [7, 11) is 1.99. The second kappa shape index (κ2) is 7.07. The van der Waals surface area contributed by atoms with Crippen molar-refractivity contribution in [3.63, 3.8) is 0 Å². The molecule has 1 saturated carbocycles. The van der Waals surface area contributed by atoms with Crippen molar-refractivity contribution in [1.82, 2.24) is 0 Å². The number of benzene rings is 1. The fourth-order valence-corrected chi connectivity index (χ4v) is 3.29. The number of anilines is 1. The lowest BCUT2D eigenvalue weighted by Gasteiger charge is -2.29. The Hall–Kier alpha value is -1.10. The Morgan fingerprint density at radius 1 is 1.30 bits per heavy atom. The van der Waals surface area contributed by atoms with Crippen LogP contribution in [0.5, 0.6) is 0 Å². The molecule has 0 bridgehead atoms. The highest BCUT2D eigenvalue weighted by Gasteiger charge is 2.23. The van der Waals surface area contributed by atoms with Crippen molar-refractivity contribution >= 4 is 27.3 Å². The Morgan fingerprint density at radius 2 is 1.95 bits per heavy atom. The number of hydrogen-bond acceptors (Lipinski definition) is 3. The van der Waals surface area contributed by atoms with Gasteiger partial charge in [-0.05, 0) is 24.5 Å². The summed E-state index contributed by atoms with van der Waals surface area (Å²) in [5.74, 6) is 0. The molecule has 0 amide bonds. The maximum Gasteiger partial charge on any atom is 0.292 e. The van der Waals surface area contributed by atoms with E-state index in [9.17, 15) is 10.1 Å². The van der Waals surface area contributed by atoms with Crippen molar-refractivity contribution in [2.75, 3.05) is 11.9 Å². The molecule has 4 nitrogen and oxygen atoms in total. The van der Waals surface area contributed by atoms with Crippen LogP contribution in [0.15, 0.2) is 18.2 Å². The van der Waals surface area contributed by atoms with Gasteiger partial charge >= 0.3 is 0 Å². The molecule has 1 aliphatic rings. The Morgan fingerprint density at radius 3 is 2.50 bits per heavy atom. The third-order valence-corrected chi connectivity index (χ3v) is 4.79. The fourth-order valence-electron chi connectivity index (χ4n) is 2.94. The van der Waals surface area contributed by atoms with Gasteiger partial charge in [-0.1, -0.05) is 47.7 Å². The molecular formula is C15H21BrN2O2. The molecule has 0 atom stereocenters. The minimum Gasteiger partial charge on any atom is -0.366 e. The normalized spacial score (nSPS) is 16.7. The van der Waals surface area contributed by atoms with E-state index < -0.39 is 0 Å². The van der Waals surface area contributed by atoms with Gasteiger partial charge in [-0.3, -0.25) is 10.1 Å². The third-order valence-electron chi connectivity index (χ3n) is 4.14. The first-order valence-electron chi connectivity index (χ1n) is 7.19. The lowest BCUT2D eigenvalue weighted by Crippen LogP contribution is -2.31. The molecule has 0 unspecified atom stereocenters. The maximum atomic E-state index is 11.3. The van der Waals surface area contributed by atoms with E-state index in [2.05, 4.69) is 20.8 Å². The van der Waals surface area contributed by atoms with Crippen LogP contribution in [-0.2, 0) is 5.33 Å². The second-order valence-electron chi connectivity index (χ2n) is 5.47. The SMILES string of the molecule is CN(c1ccc(CBr)cc1[N+](=O)[O-])C1CCCCCC1. The van der Waals surface area contributed by atoms with E-state index in [1.807, 2.05) is 19.2 Å². The number of nitro benzene ring substituents is 1. The van der Waals surface area contributed by atoms with Crippen LogP contribution < -0.4 is 4.90 Å². The van der Waals surface area contributed by atoms with Crippen molar-refractivity contribution in [3.05, 3.63) is 33.9 Å². The van der Waals surface area contributed by atoms with Crippen LogP contribution in [0.4, 0.5) is 11.4 Å². The molecule has 5 heteroatoms. The average molecular weight is 341 g/mol. The zero-order valence-electron chi connectivity index (χ0n) is 11.8. The number of halogens is 1. The van der Waals surface area contributed by atoms with Crippen molar-refractivity contribution < 1.29 is 4.92 Å². The van der Waals surface area contributed by atoms with Gasteiger partial charge in [0.15, 0.2) is 0 Å². The number of hydrogen-bond donors (Lipinski definition) is 0. The standard InChI is InChI=1S/C15H21BrN2O2/c1-17(13-6-4-2-3-5-7-13)14-9-8-12(11-16)10-15(14)18(19)20/h8-10,13H,2-7,11H2,1H3. The first-order chi connectivity index (χ1) is 9.63. The van der Waals surface area contributed by atoms with E-state index in [0.29, 0.717) is 11.4 Å². The molecule has 1 aliphatic carbocycles. The molecule has 0 saturated heterocycles. The van der Waals surface area contributed by atoms with Crippen LogP contribution in [0.2, 0.25) is 0 Å². The summed E-state index contributed by atoms with van der Waals surface area (Å²) in [5, 5.41) is 11.9. The van der Waals surface area contributed by atoms with Gasteiger partial charge in [-0.2, -0.15) is 0 Å². The second-order valence-corrected chi connectivity index (χ2v) is 6.03. The average Bonchev–Trinajstić information content (AvgIpc) is 2.74. The van der Waals surface area contributed by atoms with Gasteiger partial charge in [0, 0.05) is 24.5 Å². The molecule has 0 radical (unpaired) electrons. The highest BCUT2D eigenvalue weighted by Crippen LogP contribution is 2.33. The number of rotatable bonds is 4. The van der Waals surface area contributed by atoms with Crippen molar-refractivity contribution in [2.45, 2.75) is 49.9 Å². The molecule has 1 fully saturated rings. The van der Waals surface area contributed by atoms with Crippen molar-refractivity contribution in [2.24, 2.45) is 0 Å². The predicted molar refractivity (Wildman–Crippen MR) is 85.6 cm³/mol. The maximum absolute atomic E-state index is 11.3. The fraction of sp³-hybridized carbons (Fsp3) is 0.600. The molecule has 0 aromatic heterocycles. The summed E-state index contributed by atoms with van der Waals surface area (Å²) < 4.78 is 0. The third kappa shape index (κ3) is 3.51. The van der Waals surface area contributed by atoms with Crippen molar-refractivity contribution in [3.8, 4) is 0 Å². The van der Waals surface area contributed by atoms with Gasteiger partial charge < -0.3 is 4.90 Å². The molecule has 1 aromatic carbocycles. The summed E-state index contributed by atoms with van der Waals surface area (Å²) >= 11 is 3.35. The Balaban J connectivity index is 2.27. The molecule has 110 valence electrons. The Bertz CT molecular complexity index is 471. The highest BCUT2D eigenvalue weighted by molar-refractivity contribution is 9.08. The van der Waals surface area contributed by atoms with Crippen LogP contribution in [0.1, 0.15) is 44.1 Å². The van der Waals surface area contributed by atoms with Gasteiger partial charge in [-0.15, -0.1) is 0 Å². The predicted octanol–water partition coefficient (Wildman–Crippen LogP) is 4.65. The highest BCUT2D eigenvalue weighted by atomic mass is 79.9. The lowest BCUT2D eigenvalue weighted by molar-refractivity contribution is -0.384. The molecule has 0 N–H and O–H groups in total. The quantitative estimate of drug-likeness (QED) is 0.347. The largest absolute Gasteiger partial charge is 0.366 e. The summed E-state index contributed by atoms with van der Waals surface area (Å²) in [5.41, 5.74) is 1.90. The first-order valence-corrected chi connectivity index (χ1v) is 8.31. The number of nitrogens with zero attached hydrogens (tertiary/aromatic N) is 2. The topological polar surface area (TPSA) is 46.4 Å². The van der Waals surface area contributed by atoms with Crippen LogP contribution in [0.3, 0.4) is 0 Å². The number of nitro groups is 1. The van der Waals surface area contributed by atoms with E-state index in [0.717, 1.165) is 24.1 Å². The minimum atomic E-state index is -0.269. The Kier molecular flexibility index (Phi) is 5.40. The summed E-state index contributed by atoms with van der Waals surface area (Å²) in [4.78, 5) is 13.2. The van der Waals surface area contributed by atoms with E-state index >= 15 is 0 Å². The minimum absolute atomic E-state index is 0.216. The van der Waals surface area contributed by atoms with Crippen LogP contribution in [0, 0.1) is 10.1 Å². The van der Waals surface area contributed by atoms with E-state index in [-0.39, 0.29) is 10.6 Å².